The predicted molar refractivity (Wildman–Crippen MR) is 92.2 cm³/mol. The molecule has 1 aromatic carbocycles. The van der Waals surface area contributed by atoms with Crippen LogP contribution in [0.3, 0.4) is 0 Å². The van der Waals surface area contributed by atoms with Gasteiger partial charge in [0, 0.05) is 6.07 Å². The maximum atomic E-state index is 11.8. The average molecular weight is 337 g/mol. The van der Waals surface area contributed by atoms with Crippen LogP contribution in [-0.2, 0) is 0 Å². The highest BCUT2D eigenvalue weighted by atomic mass is 16.5. The molecule has 0 aliphatic carbocycles. The Morgan fingerprint density at radius 1 is 1.20 bits per heavy atom. The van der Waals surface area contributed by atoms with Crippen LogP contribution >= 0.6 is 0 Å². The highest BCUT2D eigenvalue weighted by Gasteiger charge is 2.19. The first-order chi connectivity index (χ1) is 12.1. The van der Waals surface area contributed by atoms with Crippen LogP contribution in [0, 0.1) is 6.92 Å². The van der Waals surface area contributed by atoms with Gasteiger partial charge < -0.3 is 19.8 Å². The summed E-state index contributed by atoms with van der Waals surface area (Å²) in [7, 11) is 1.59. The highest BCUT2D eigenvalue weighted by molar-refractivity contribution is 5.95. The van der Waals surface area contributed by atoms with E-state index in [1.54, 1.807) is 30.1 Å². The van der Waals surface area contributed by atoms with Crippen molar-refractivity contribution in [2.75, 3.05) is 7.11 Å². The van der Waals surface area contributed by atoms with Crippen molar-refractivity contribution in [2.45, 2.75) is 6.92 Å². The molecule has 4 aromatic rings. The number of aromatic hydroxyl groups is 1. The van der Waals surface area contributed by atoms with E-state index in [0.717, 1.165) is 17.6 Å². The third-order valence-electron chi connectivity index (χ3n) is 3.93. The van der Waals surface area contributed by atoms with Gasteiger partial charge in [-0.3, -0.25) is 4.79 Å². The summed E-state index contributed by atoms with van der Waals surface area (Å²) < 4.78 is 6.74. The molecule has 25 heavy (non-hydrogen) atoms. The summed E-state index contributed by atoms with van der Waals surface area (Å²) >= 11 is 0. The molecule has 4 rings (SSSR count). The molecule has 8 nitrogen and oxygen atoms in total. The Morgan fingerprint density at radius 3 is 2.60 bits per heavy atom. The molecule has 0 amide bonds. The number of hydrogen-bond acceptors (Lipinski definition) is 5. The third-order valence-corrected chi connectivity index (χ3v) is 3.93. The fourth-order valence-electron chi connectivity index (χ4n) is 2.77. The molecule has 0 radical (unpaired) electrons. The van der Waals surface area contributed by atoms with Crippen LogP contribution in [0.25, 0.3) is 28.1 Å². The van der Waals surface area contributed by atoms with E-state index in [1.165, 1.54) is 0 Å². The van der Waals surface area contributed by atoms with E-state index in [9.17, 15) is 9.90 Å². The number of fused-ring (bicyclic) bond motifs is 1. The third kappa shape index (κ3) is 2.44. The van der Waals surface area contributed by atoms with Gasteiger partial charge in [0.25, 0.3) is 5.56 Å². The average Bonchev–Trinajstić information content (AvgIpc) is 3.18. The van der Waals surface area contributed by atoms with E-state index in [2.05, 4.69) is 20.1 Å². The number of methoxy groups -OCH3 is 1. The Morgan fingerprint density at radius 2 is 1.96 bits per heavy atom. The summed E-state index contributed by atoms with van der Waals surface area (Å²) in [5.74, 6) is 1.30. The number of benzene rings is 1. The zero-order valence-corrected chi connectivity index (χ0v) is 13.6. The molecule has 3 aromatic heterocycles. The first-order valence-electron chi connectivity index (χ1n) is 7.58. The van der Waals surface area contributed by atoms with Gasteiger partial charge in [0.2, 0.25) is 0 Å². The first kappa shape index (κ1) is 15.0. The molecule has 0 fully saturated rings. The van der Waals surface area contributed by atoms with Crippen LogP contribution in [-0.4, -0.2) is 36.9 Å². The maximum Gasteiger partial charge on any atom is 0.253 e. The largest absolute Gasteiger partial charge is 0.507 e. The lowest BCUT2D eigenvalue weighted by Gasteiger charge is -2.04. The van der Waals surface area contributed by atoms with E-state index >= 15 is 0 Å². The second kappa shape index (κ2) is 5.52. The van der Waals surface area contributed by atoms with Crippen molar-refractivity contribution < 1.29 is 9.84 Å². The number of pyridine rings is 1. The number of rotatable bonds is 3. The zero-order chi connectivity index (χ0) is 17.6. The van der Waals surface area contributed by atoms with Crippen molar-refractivity contribution in [3.8, 4) is 28.6 Å². The number of aromatic nitrogens is 5. The molecule has 0 saturated heterocycles. The van der Waals surface area contributed by atoms with E-state index in [1.807, 2.05) is 19.1 Å². The molecule has 8 heteroatoms. The molecule has 0 spiro atoms. The number of H-pyrrole nitrogens is 2. The number of hydrogen-bond donors (Lipinski definition) is 3. The number of nitrogens with zero attached hydrogens (tertiary/aromatic N) is 3. The molecule has 0 atom stereocenters. The molecule has 0 bridgehead atoms. The van der Waals surface area contributed by atoms with E-state index in [0.29, 0.717) is 28.2 Å². The van der Waals surface area contributed by atoms with E-state index in [-0.39, 0.29) is 5.75 Å². The Bertz CT molecular complexity index is 1120. The molecule has 0 saturated carbocycles. The standard InChI is InChI=1S/C17H15N5O3/c1-9-18-8-12(19-9)16-15-13(23)7-14(24)20-17(15)22(21-16)10-3-5-11(25-2)6-4-10/h3-8H,1-2H3,(H,18,19)(H2,20,23,24). The van der Waals surface area contributed by atoms with Crippen molar-refractivity contribution in [3.63, 3.8) is 0 Å². The number of ether oxygens (including phenoxy) is 1. The lowest BCUT2D eigenvalue weighted by atomic mass is 10.2. The maximum absolute atomic E-state index is 11.8. The molecule has 0 unspecified atom stereocenters. The van der Waals surface area contributed by atoms with Gasteiger partial charge in [0.15, 0.2) is 0 Å². The lowest BCUT2D eigenvalue weighted by molar-refractivity contribution is 0.414. The van der Waals surface area contributed by atoms with E-state index < -0.39 is 5.56 Å². The van der Waals surface area contributed by atoms with E-state index in [4.69, 9.17) is 4.74 Å². The summed E-state index contributed by atoms with van der Waals surface area (Å²) in [5, 5.41) is 15.3. The fraction of sp³-hybridized carbons (Fsp3) is 0.118. The Balaban J connectivity index is 2.02. The highest BCUT2D eigenvalue weighted by Crippen LogP contribution is 2.33. The summed E-state index contributed by atoms with van der Waals surface area (Å²) in [6, 6.07) is 8.36. The number of nitrogens with one attached hydrogen (secondary N) is 2. The normalized spacial score (nSPS) is 11.1. The first-order valence-corrected chi connectivity index (χ1v) is 7.58. The van der Waals surface area contributed by atoms with Gasteiger partial charge in [0.1, 0.15) is 28.7 Å². The Hall–Kier alpha value is -3.55. The second-order valence-corrected chi connectivity index (χ2v) is 5.58. The summed E-state index contributed by atoms with van der Waals surface area (Å²) in [6.45, 7) is 1.83. The molecule has 0 aliphatic rings. The monoisotopic (exact) mass is 337 g/mol. The minimum atomic E-state index is -0.410. The predicted octanol–water partition coefficient (Wildman–Crippen LogP) is 2.13. The number of aryl methyl sites for hydroxylation is 1. The Labute approximate surface area is 141 Å². The molecular weight excluding hydrogens is 322 g/mol. The fourth-order valence-corrected chi connectivity index (χ4v) is 2.77. The molecule has 3 heterocycles. The summed E-state index contributed by atoms with van der Waals surface area (Å²) in [4.78, 5) is 21.9. The van der Waals surface area contributed by atoms with Gasteiger partial charge in [-0.2, -0.15) is 5.10 Å². The smallest absolute Gasteiger partial charge is 0.253 e. The number of imidazole rings is 1. The zero-order valence-electron chi connectivity index (χ0n) is 13.6. The van der Waals surface area contributed by atoms with Gasteiger partial charge in [-0.15, -0.1) is 0 Å². The van der Waals surface area contributed by atoms with Crippen LogP contribution in [0.15, 0.2) is 41.3 Å². The van der Waals surface area contributed by atoms with Crippen molar-refractivity contribution in [3.05, 3.63) is 52.7 Å². The van der Waals surface area contributed by atoms with Gasteiger partial charge >= 0.3 is 0 Å². The Kier molecular flexibility index (Phi) is 3.31. The van der Waals surface area contributed by atoms with Gasteiger partial charge in [0.05, 0.1) is 30.1 Å². The van der Waals surface area contributed by atoms with Gasteiger partial charge in [-0.05, 0) is 31.2 Å². The van der Waals surface area contributed by atoms with Crippen molar-refractivity contribution in [1.82, 2.24) is 24.7 Å². The van der Waals surface area contributed by atoms with Crippen LogP contribution in [0.1, 0.15) is 5.82 Å². The lowest BCUT2D eigenvalue weighted by Crippen LogP contribution is -2.06. The van der Waals surface area contributed by atoms with Crippen LogP contribution in [0.2, 0.25) is 0 Å². The van der Waals surface area contributed by atoms with Gasteiger partial charge in [-0.25, -0.2) is 9.67 Å². The second-order valence-electron chi connectivity index (χ2n) is 5.58. The van der Waals surface area contributed by atoms with Crippen LogP contribution in [0.5, 0.6) is 11.5 Å². The summed E-state index contributed by atoms with van der Waals surface area (Å²) in [6.07, 6.45) is 1.64. The molecule has 126 valence electrons. The molecule has 3 N–H and O–H groups in total. The topological polar surface area (TPSA) is 109 Å². The quantitative estimate of drug-likeness (QED) is 0.530. The van der Waals surface area contributed by atoms with Gasteiger partial charge in [-0.1, -0.05) is 0 Å². The SMILES string of the molecule is COc1ccc(-n2nc(-c3cnc(C)[nH]3)c3c(O)cc(=O)[nH]c32)cc1. The number of aromatic amines is 2. The molecular formula is C17H15N5O3. The van der Waals surface area contributed by atoms with Crippen molar-refractivity contribution in [1.29, 1.82) is 0 Å². The summed E-state index contributed by atoms with van der Waals surface area (Å²) in [5.41, 5.74) is 1.86. The van der Waals surface area contributed by atoms with Crippen molar-refractivity contribution in [2.24, 2.45) is 0 Å². The van der Waals surface area contributed by atoms with Crippen LogP contribution < -0.4 is 10.3 Å². The minimum absolute atomic E-state index is 0.138. The van der Waals surface area contributed by atoms with Crippen molar-refractivity contribution >= 4 is 11.0 Å². The van der Waals surface area contributed by atoms with Crippen LogP contribution in [0.4, 0.5) is 0 Å². The molecule has 0 aliphatic heterocycles. The minimum Gasteiger partial charge on any atom is -0.507 e.